The zero-order valence-corrected chi connectivity index (χ0v) is 11.9. The minimum atomic E-state index is -0.137. The largest absolute Gasteiger partial charge is 0.383 e. The molecule has 5 nitrogen and oxygen atoms in total. The number of nitrogens with one attached hydrogen (secondary N) is 1. The number of likely N-dealkylation sites (tertiary alicyclic amines) is 1. The summed E-state index contributed by atoms with van der Waals surface area (Å²) < 4.78 is 0.635. The smallest absolute Gasteiger partial charge is 0.255 e. The molecule has 1 aliphatic rings. The molecule has 3 N–H and O–H groups in total. The number of halogens is 1. The lowest BCUT2D eigenvalue weighted by Crippen LogP contribution is -2.43. The van der Waals surface area contributed by atoms with E-state index in [0.29, 0.717) is 10.2 Å². The van der Waals surface area contributed by atoms with Gasteiger partial charge < -0.3 is 16.0 Å². The van der Waals surface area contributed by atoms with Crippen molar-refractivity contribution >= 4 is 27.7 Å². The summed E-state index contributed by atoms with van der Waals surface area (Å²) in [4.78, 5) is 18.4. The van der Waals surface area contributed by atoms with Gasteiger partial charge in [-0.15, -0.1) is 0 Å². The second-order valence-electron chi connectivity index (χ2n) is 4.62. The molecule has 1 aromatic heterocycles. The van der Waals surface area contributed by atoms with Crippen molar-refractivity contribution in [3.8, 4) is 0 Å². The predicted octanol–water partition coefficient (Wildman–Crippen LogP) is 1.25. The second-order valence-corrected chi connectivity index (χ2v) is 5.43. The van der Waals surface area contributed by atoms with Crippen molar-refractivity contribution in [2.75, 3.05) is 25.9 Å². The summed E-state index contributed by atoms with van der Waals surface area (Å²) in [5.41, 5.74) is 6.18. The van der Waals surface area contributed by atoms with E-state index < -0.39 is 0 Å². The zero-order chi connectivity index (χ0) is 13.1. The number of carbonyl (C=O) groups excluding carboxylic acids is 1. The Morgan fingerprint density at radius 3 is 2.78 bits per heavy atom. The van der Waals surface area contributed by atoms with E-state index in [9.17, 15) is 4.79 Å². The van der Waals surface area contributed by atoms with E-state index in [0.717, 1.165) is 25.9 Å². The molecular formula is C12H17BrN4O. The maximum absolute atomic E-state index is 12.1. The topological polar surface area (TPSA) is 71.2 Å². The number of nitrogen functional groups attached to an aromatic ring is 1. The molecule has 0 unspecified atom stereocenters. The first-order valence-corrected chi connectivity index (χ1v) is 6.77. The van der Waals surface area contributed by atoms with Crippen molar-refractivity contribution in [3.63, 3.8) is 0 Å². The van der Waals surface area contributed by atoms with Gasteiger partial charge in [0.2, 0.25) is 0 Å². The first-order valence-electron chi connectivity index (χ1n) is 5.97. The monoisotopic (exact) mass is 312 g/mol. The number of pyridine rings is 1. The van der Waals surface area contributed by atoms with Crippen molar-refractivity contribution in [2.24, 2.45) is 0 Å². The van der Waals surface area contributed by atoms with Gasteiger partial charge in [0.15, 0.2) is 0 Å². The van der Waals surface area contributed by atoms with Crippen LogP contribution in [-0.4, -0.2) is 42.0 Å². The molecule has 0 aromatic carbocycles. The van der Waals surface area contributed by atoms with E-state index in [1.165, 1.54) is 0 Å². The molecule has 1 amide bonds. The summed E-state index contributed by atoms with van der Waals surface area (Å²) >= 11 is 3.22. The fraction of sp³-hybridized carbons (Fsp3) is 0.500. The number of amides is 1. The summed E-state index contributed by atoms with van der Waals surface area (Å²) in [5.74, 6) is 0.122. The number of hydrogen-bond acceptors (Lipinski definition) is 4. The fourth-order valence-corrected chi connectivity index (χ4v) is 2.38. The van der Waals surface area contributed by atoms with Crippen LogP contribution in [0.15, 0.2) is 16.7 Å². The summed E-state index contributed by atoms with van der Waals surface area (Å²) in [6, 6.07) is 3.65. The normalized spacial score (nSPS) is 17.7. The van der Waals surface area contributed by atoms with Crippen LogP contribution in [-0.2, 0) is 0 Å². The average molecular weight is 313 g/mol. The quantitative estimate of drug-likeness (QED) is 0.806. The molecule has 0 atom stereocenters. The molecule has 0 bridgehead atoms. The maximum Gasteiger partial charge on any atom is 0.255 e. The number of anilines is 1. The van der Waals surface area contributed by atoms with Gasteiger partial charge in [-0.2, -0.15) is 0 Å². The molecule has 0 radical (unpaired) electrons. The average Bonchev–Trinajstić information content (AvgIpc) is 2.32. The van der Waals surface area contributed by atoms with Crippen molar-refractivity contribution in [1.29, 1.82) is 0 Å². The summed E-state index contributed by atoms with van der Waals surface area (Å²) in [6.07, 6.45) is 1.96. The van der Waals surface area contributed by atoms with Crippen molar-refractivity contribution in [1.82, 2.24) is 15.2 Å². The fourth-order valence-electron chi connectivity index (χ4n) is 2.06. The van der Waals surface area contributed by atoms with Crippen LogP contribution in [0.3, 0.4) is 0 Å². The molecule has 1 saturated heterocycles. The lowest BCUT2D eigenvalue weighted by molar-refractivity contribution is 0.0917. The van der Waals surface area contributed by atoms with Crippen LogP contribution in [0.4, 0.5) is 5.82 Å². The van der Waals surface area contributed by atoms with E-state index in [2.05, 4.69) is 38.2 Å². The Morgan fingerprint density at radius 2 is 2.17 bits per heavy atom. The van der Waals surface area contributed by atoms with Gasteiger partial charge in [-0.3, -0.25) is 4.79 Å². The van der Waals surface area contributed by atoms with Gasteiger partial charge in [-0.05, 0) is 61.0 Å². The number of hydrogen-bond donors (Lipinski definition) is 2. The van der Waals surface area contributed by atoms with E-state index in [4.69, 9.17) is 5.73 Å². The van der Waals surface area contributed by atoms with Crippen LogP contribution in [0.25, 0.3) is 0 Å². The lowest BCUT2D eigenvalue weighted by atomic mass is 10.1. The Bertz CT molecular complexity index is 444. The highest BCUT2D eigenvalue weighted by molar-refractivity contribution is 9.10. The molecular weight excluding hydrogens is 296 g/mol. The summed E-state index contributed by atoms with van der Waals surface area (Å²) in [6.45, 7) is 2.03. The molecule has 2 rings (SSSR count). The molecule has 18 heavy (non-hydrogen) atoms. The Morgan fingerprint density at radius 1 is 1.50 bits per heavy atom. The Labute approximate surface area is 115 Å². The third-order valence-corrected chi connectivity index (χ3v) is 3.63. The number of nitrogens with two attached hydrogens (primary N) is 1. The van der Waals surface area contributed by atoms with Gasteiger partial charge in [0, 0.05) is 6.04 Å². The second kappa shape index (κ2) is 5.67. The highest BCUT2D eigenvalue weighted by Crippen LogP contribution is 2.15. The number of nitrogens with zero attached hydrogens (tertiary/aromatic N) is 2. The van der Waals surface area contributed by atoms with Crippen LogP contribution in [0.5, 0.6) is 0 Å². The minimum Gasteiger partial charge on any atom is -0.383 e. The Balaban J connectivity index is 1.99. The molecule has 6 heteroatoms. The third kappa shape index (κ3) is 3.20. The first kappa shape index (κ1) is 13.3. The molecule has 1 fully saturated rings. The number of piperidine rings is 1. The van der Waals surface area contributed by atoms with Crippen molar-refractivity contribution < 1.29 is 4.79 Å². The molecule has 1 aliphatic heterocycles. The van der Waals surface area contributed by atoms with E-state index in [1.807, 2.05) is 0 Å². The van der Waals surface area contributed by atoms with Gasteiger partial charge in [-0.1, -0.05) is 0 Å². The van der Waals surface area contributed by atoms with E-state index in [-0.39, 0.29) is 17.8 Å². The number of aromatic nitrogens is 1. The molecule has 2 heterocycles. The third-order valence-electron chi connectivity index (χ3n) is 3.19. The molecule has 98 valence electrons. The van der Waals surface area contributed by atoms with Gasteiger partial charge in [0.25, 0.3) is 5.91 Å². The van der Waals surface area contributed by atoms with Gasteiger partial charge >= 0.3 is 0 Å². The summed E-state index contributed by atoms with van der Waals surface area (Å²) in [7, 11) is 2.09. The lowest BCUT2D eigenvalue weighted by Gasteiger charge is -2.29. The predicted molar refractivity (Wildman–Crippen MR) is 74.3 cm³/mol. The zero-order valence-electron chi connectivity index (χ0n) is 10.3. The Kier molecular flexibility index (Phi) is 4.19. The summed E-state index contributed by atoms with van der Waals surface area (Å²) in [5, 5.41) is 3.02. The molecule has 0 saturated carbocycles. The number of rotatable bonds is 2. The minimum absolute atomic E-state index is 0.137. The molecule has 0 spiro atoms. The maximum atomic E-state index is 12.1. The van der Waals surface area contributed by atoms with Crippen molar-refractivity contribution in [2.45, 2.75) is 18.9 Å². The van der Waals surface area contributed by atoms with Gasteiger partial charge in [0.1, 0.15) is 10.4 Å². The van der Waals surface area contributed by atoms with E-state index in [1.54, 1.807) is 12.1 Å². The first-order chi connectivity index (χ1) is 8.56. The van der Waals surface area contributed by atoms with Crippen molar-refractivity contribution in [3.05, 3.63) is 22.3 Å². The van der Waals surface area contributed by atoms with E-state index >= 15 is 0 Å². The van der Waals surface area contributed by atoms with Gasteiger partial charge in [-0.25, -0.2) is 4.98 Å². The van der Waals surface area contributed by atoms with Crippen LogP contribution < -0.4 is 11.1 Å². The van der Waals surface area contributed by atoms with Gasteiger partial charge in [0.05, 0.1) is 5.56 Å². The van der Waals surface area contributed by atoms with Crippen LogP contribution in [0.1, 0.15) is 23.2 Å². The SMILES string of the molecule is CN1CCC(NC(=O)c2ccc(Br)nc2N)CC1. The van der Waals surface area contributed by atoms with Crippen LogP contribution in [0.2, 0.25) is 0 Å². The molecule has 1 aromatic rings. The number of carbonyl (C=O) groups is 1. The highest BCUT2D eigenvalue weighted by Gasteiger charge is 2.20. The highest BCUT2D eigenvalue weighted by atomic mass is 79.9. The molecule has 0 aliphatic carbocycles. The standard InChI is InChI=1S/C12H17BrN4O/c1-17-6-4-8(5-7-17)15-12(18)9-2-3-10(13)16-11(9)14/h2-3,8H,4-7H2,1H3,(H2,14,16)(H,15,18). The van der Waals surface area contributed by atoms with Crippen LogP contribution in [0, 0.1) is 0 Å². The Hall–Kier alpha value is -1.14. The van der Waals surface area contributed by atoms with Crippen LogP contribution >= 0.6 is 15.9 Å².